The maximum Gasteiger partial charge on any atom is 0.234 e. The van der Waals surface area contributed by atoms with Crippen LogP contribution >= 0.6 is 23.4 Å². The summed E-state index contributed by atoms with van der Waals surface area (Å²) < 4.78 is 17.6. The van der Waals surface area contributed by atoms with E-state index in [-0.39, 0.29) is 11.7 Å². The Labute approximate surface area is 182 Å². The molecule has 11 heteroatoms. The second kappa shape index (κ2) is 10.2. The number of rotatable bonds is 9. The Balaban J connectivity index is 1.72. The van der Waals surface area contributed by atoms with Gasteiger partial charge >= 0.3 is 0 Å². The van der Waals surface area contributed by atoms with Crippen molar-refractivity contribution < 1.29 is 19.0 Å². The van der Waals surface area contributed by atoms with Crippen LogP contribution in [0.2, 0.25) is 5.02 Å². The number of thioether (sulfide) groups is 1. The Morgan fingerprint density at radius 3 is 2.67 bits per heavy atom. The molecule has 0 spiro atoms. The molecule has 1 N–H and O–H groups in total. The first kappa shape index (κ1) is 21.7. The van der Waals surface area contributed by atoms with E-state index in [1.165, 1.54) is 30.7 Å². The molecule has 0 radical (unpaired) electrons. The fraction of sp³-hybridized carbons (Fsp3) is 0.263. The summed E-state index contributed by atoms with van der Waals surface area (Å²) in [7, 11) is 3.00. The highest BCUT2D eigenvalue weighted by Gasteiger charge is 2.16. The molecule has 0 aliphatic rings. The molecule has 0 bridgehead atoms. The van der Waals surface area contributed by atoms with Crippen LogP contribution < -0.4 is 19.5 Å². The lowest BCUT2D eigenvalue weighted by Crippen LogP contribution is -2.15. The highest BCUT2D eigenvalue weighted by molar-refractivity contribution is 7.99. The number of nitrogens with zero attached hydrogens (tertiary/aromatic N) is 4. The van der Waals surface area contributed by atoms with Gasteiger partial charge in [-0.1, -0.05) is 35.5 Å². The van der Waals surface area contributed by atoms with Crippen LogP contribution in [0.3, 0.4) is 0 Å². The molecule has 0 aliphatic carbocycles. The van der Waals surface area contributed by atoms with Crippen LogP contribution in [0, 0.1) is 0 Å². The van der Waals surface area contributed by atoms with Gasteiger partial charge in [0.2, 0.25) is 11.1 Å². The molecule has 0 unspecified atom stereocenters. The number of carbonyl (C=O) groups excluding carboxylic acids is 1. The number of para-hydroxylation sites is 2. The molecule has 1 amide bonds. The summed E-state index contributed by atoms with van der Waals surface area (Å²) in [6, 6.07) is 10.6. The number of tetrazole rings is 1. The summed E-state index contributed by atoms with van der Waals surface area (Å²) in [5.74, 6) is 1.34. The average Bonchev–Trinajstić information content (AvgIpc) is 3.21. The summed E-state index contributed by atoms with van der Waals surface area (Å²) in [5, 5.41) is 15.3. The number of carbonyl (C=O) groups is 1. The number of ether oxygens (including phenoxy) is 3. The predicted molar refractivity (Wildman–Crippen MR) is 114 cm³/mol. The van der Waals surface area contributed by atoms with Gasteiger partial charge in [-0.15, -0.1) is 5.10 Å². The summed E-state index contributed by atoms with van der Waals surface area (Å²) in [4.78, 5) is 12.5. The van der Waals surface area contributed by atoms with Crippen molar-refractivity contribution in [3.8, 4) is 22.9 Å². The lowest BCUT2D eigenvalue weighted by atomic mass is 10.2. The Bertz CT molecular complexity index is 1030. The lowest BCUT2D eigenvalue weighted by molar-refractivity contribution is -0.113. The topological polar surface area (TPSA) is 100 Å². The second-order valence-electron chi connectivity index (χ2n) is 5.80. The molecule has 0 aliphatic heterocycles. The minimum atomic E-state index is -0.271. The van der Waals surface area contributed by atoms with Crippen molar-refractivity contribution in [2.75, 3.05) is 31.9 Å². The van der Waals surface area contributed by atoms with Crippen LogP contribution in [0.25, 0.3) is 5.69 Å². The first-order valence-corrected chi connectivity index (χ1v) is 10.3. The number of hydrogen-bond donors (Lipinski definition) is 1. The zero-order valence-electron chi connectivity index (χ0n) is 16.6. The number of halogens is 1. The first-order valence-electron chi connectivity index (χ1n) is 8.92. The van der Waals surface area contributed by atoms with E-state index in [1.54, 1.807) is 12.1 Å². The maximum atomic E-state index is 12.5. The van der Waals surface area contributed by atoms with Crippen molar-refractivity contribution in [1.82, 2.24) is 20.2 Å². The molecule has 0 atom stereocenters. The molecule has 1 aromatic heterocycles. The summed E-state index contributed by atoms with van der Waals surface area (Å²) in [5.41, 5.74) is 1.13. The van der Waals surface area contributed by atoms with E-state index in [2.05, 4.69) is 20.8 Å². The molecule has 30 heavy (non-hydrogen) atoms. The van der Waals surface area contributed by atoms with E-state index in [1.807, 2.05) is 31.2 Å². The SMILES string of the molecule is CCOc1ccccc1-n1nnnc1SCC(=O)Nc1cc(Cl)c(OC)cc1OC. The van der Waals surface area contributed by atoms with Crippen molar-refractivity contribution in [3.63, 3.8) is 0 Å². The van der Waals surface area contributed by atoms with Gasteiger partial charge in [-0.2, -0.15) is 4.68 Å². The van der Waals surface area contributed by atoms with Crippen molar-refractivity contribution >= 4 is 35.0 Å². The Kier molecular flexibility index (Phi) is 7.36. The minimum Gasteiger partial charge on any atom is -0.495 e. The van der Waals surface area contributed by atoms with Gasteiger partial charge < -0.3 is 19.5 Å². The second-order valence-corrected chi connectivity index (χ2v) is 7.15. The Morgan fingerprint density at radius 1 is 1.17 bits per heavy atom. The third kappa shape index (κ3) is 4.95. The zero-order chi connectivity index (χ0) is 21.5. The molecule has 158 valence electrons. The van der Waals surface area contributed by atoms with E-state index >= 15 is 0 Å². The number of aromatic nitrogens is 4. The van der Waals surface area contributed by atoms with Crippen molar-refractivity contribution in [2.45, 2.75) is 12.1 Å². The minimum absolute atomic E-state index is 0.0734. The number of anilines is 1. The molecule has 9 nitrogen and oxygen atoms in total. The van der Waals surface area contributed by atoms with E-state index < -0.39 is 0 Å². The number of methoxy groups -OCH3 is 2. The molecular formula is C19H20ClN5O4S. The summed E-state index contributed by atoms with van der Waals surface area (Å²) in [6.07, 6.45) is 0. The van der Waals surface area contributed by atoms with E-state index in [0.717, 1.165) is 0 Å². The van der Waals surface area contributed by atoms with Gasteiger partial charge in [0.05, 0.1) is 37.3 Å². The van der Waals surface area contributed by atoms with E-state index in [4.69, 9.17) is 25.8 Å². The number of amides is 1. The standard InChI is InChI=1S/C19H20ClN5O4S/c1-4-29-15-8-6-5-7-14(15)25-19(22-23-24-25)30-11-18(26)21-13-9-12(20)16(27-2)10-17(13)28-3/h5-10H,4,11H2,1-3H3,(H,21,26). The lowest BCUT2D eigenvalue weighted by Gasteiger charge is -2.13. The zero-order valence-corrected chi connectivity index (χ0v) is 18.2. The van der Waals surface area contributed by atoms with E-state index in [0.29, 0.717) is 45.4 Å². The highest BCUT2D eigenvalue weighted by Crippen LogP contribution is 2.36. The van der Waals surface area contributed by atoms with Gasteiger partial charge in [0.15, 0.2) is 0 Å². The van der Waals surface area contributed by atoms with Crippen LogP contribution in [-0.2, 0) is 4.79 Å². The van der Waals surface area contributed by atoms with Gasteiger partial charge in [-0.3, -0.25) is 4.79 Å². The quantitative estimate of drug-likeness (QED) is 0.495. The third-order valence-corrected chi connectivity index (χ3v) is 5.13. The molecule has 1 heterocycles. The Morgan fingerprint density at radius 2 is 1.93 bits per heavy atom. The molecule has 0 fully saturated rings. The van der Waals surface area contributed by atoms with Crippen LogP contribution in [0.15, 0.2) is 41.6 Å². The van der Waals surface area contributed by atoms with E-state index in [9.17, 15) is 4.79 Å². The predicted octanol–water partition coefficient (Wildman–Crippen LogP) is 3.46. The van der Waals surface area contributed by atoms with Crippen LogP contribution in [-0.4, -0.2) is 52.7 Å². The number of nitrogens with one attached hydrogen (secondary N) is 1. The fourth-order valence-electron chi connectivity index (χ4n) is 2.60. The first-order chi connectivity index (χ1) is 14.6. The third-order valence-electron chi connectivity index (χ3n) is 3.91. The van der Waals surface area contributed by atoms with Gasteiger partial charge in [0.25, 0.3) is 0 Å². The monoisotopic (exact) mass is 449 g/mol. The normalized spacial score (nSPS) is 10.5. The maximum absolute atomic E-state index is 12.5. The van der Waals surface area contributed by atoms with Crippen LogP contribution in [0.1, 0.15) is 6.92 Å². The molecule has 3 aromatic rings. The highest BCUT2D eigenvalue weighted by atomic mass is 35.5. The Hall–Kier alpha value is -2.98. The summed E-state index contributed by atoms with van der Waals surface area (Å²) in [6.45, 7) is 2.41. The van der Waals surface area contributed by atoms with Gasteiger partial charge in [0, 0.05) is 6.07 Å². The largest absolute Gasteiger partial charge is 0.495 e. The fourth-order valence-corrected chi connectivity index (χ4v) is 3.53. The number of hydrogen-bond acceptors (Lipinski definition) is 8. The smallest absolute Gasteiger partial charge is 0.234 e. The molecule has 3 rings (SSSR count). The molecule has 0 saturated carbocycles. The molecular weight excluding hydrogens is 430 g/mol. The summed E-state index contributed by atoms with van der Waals surface area (Å²) >= 11 is 7.34. The molecule has 2 aromatic carbocycles. The van der Waals surface area contributed by atoms with Crippen molar-refractivity contribution in [2.24, 2.45) is 0 Å². The van der Waals surface area contributed by atoms with Gasteiger partial charge in [0.1, 0.15) is 22.9 Å². The van der Waals surface area contributed by atoms with Crippen LogP contribution in [0.4, 0.5) is 5.69 Å². The number of benzene rings is 2. The van der Waals surface area contributed by atoms with Crippen molar-refractivity contribution in [3.05, 3.63) is 41.4 Å². The van der Waals surface area contributed by atoms with Crippen molar-refractivity contribution in [1.29, 1.82) is 0 Å². The van der Waals surface area contributed by atoms with Gasteiger partial charge in [-0.25, -0.2) is 0 Å². The molecule has 0 saturated heterocycles. The van der Waals surface area contributed by atoms with Gasteiger partial charge in [-0.05, 0) is 35.5 Å². The van der Waals surface area contributed by atoms with Crippen LogP contribution in [0.5, 0.6) is 17.2 Å². The average molecular weight is 450 g/mol.